The molecule has 0 amide bonds. The van der Waals surface area contributed by atoms with Crippen LogP contribution in [0.1, 0.15) is 37.3 Å². The van der Waals surface area contributed by atoms with E-state index in [9.17, 15) is 0 Å². The lowest BCUT2D eigenvalue weighted by Crippen LogP contribution is -1.85. The zero-order valence-electron chi connectivity index (χ0n) is 10.8. The van der Waals surface area contributed by atoms with Crippen LogP contribution >= 0.6 is 0 Å². The van der Waals surface area contributed by atoms with Crippen LogP contribution in [0.15, 0.2) is 36.5 Å². The van der Waals surface area contributed by atoms with Crippen molar-refractivity contribution in [1.29, 1.82) is 0 Å². The van der Waals surface area contributed by atoms with E-state index in [1.54, 1.807) is 0 Å². The summed E-state index contributed by atoms with van der Waals surface area (Å²) in [5.41, 5.74) is 5.22. The molecule has 1 heterocycles. The third kappa shape index (κ3) is 3.23. The maximum absolute atomic E-state index is 3.29. The predicted octanol–water partition coefficient (Wildman–Crippen LogP) is 4.72. The molecular weight excluding hydrogens is 206 g/mol. The molecule has 0 aliphatic heterocycles. The summed E-state index contributed by atoms with van der Waals surface area (Å²) in [6, 6.07) is 11.1. The van der Waals surface area contributed by atoms with Crippen LogP contribution < -0.4 is 0 Å². The third-order valence-corrected chi connectivity index (χ3v) is 3.16. The van der Waals surface area contributed by atoms with Gasteiger partial charge < -0.3 is 4.98 Å². The first-order valence-electron chi connectivity index (χ1n) is 6.54. The van der Waals surface area contributed by atoms with Crippen molar-refractivity contribution < 1.29 is 0 Å². The van der Waals surface area contributed by atoms with Gasteiger partial charge in [-0.2, -0.15) is 0 Å². The van der Waals surface area contributed by atoms with Gasteiger partial charge in [-0.3, -0.25) is 0 Å². The first kappa shape index (κ1) is 12.0. The SMILES string of the molecule is CCCCCc1ccc(-c2cc(C)c[nH]2)cc1. The summed E-state index contributed by atoms with van der Waals surface area (Å²) < 4.78 is 0. The molecule has 17 heavy (non-hydrogen) atoms. The number of benzene rings is 1. The van der Waals surface area contributed by atoms with E-state index >= 15 is 0 Å². The van der Waals surface area contributed by atoms with Crippen molar-refractivity contribution in [2.45, 2.75) is 39.5 Å². The number of aromatic amines is 1. The van der Waals surface area contributed by atoms with Crippen LogP contribution in [0.25, 0.3) is 11.3 Å². The zero-order chi connectivity index (χ0) is 12.1. The molecule has 0 radical (unpaired) electrons. The molecule has 2 rings (SSSR count). The van der Waals surface area contributed by atoms with Gasteiger partial charge in [0.2, 0.25) is 0 Å². The van der Waals surface area contributed by atoms with E-state index in [0.717, 1.165) is 0 Å². The summed E-state index contributed by atoms with van der Waals surface area (Å²) in [4.78, 5) is 3.29. The molecule has 0 bridgehead atoms. The topological polar surface area (TPSA) is 15.8 Å². The van der Waals surface area contributed by atoms with E-state index in [1.165, 1.54) is 48.1 Å². The lowest BCUT2D eigenvalue weighted by atomic mass is 10.0. The molecule has 0 atom stereocenters. The average Bonchev–Trinajstić information content (AvgIpc) is 2.77. The lowest BCUT2D eigenvalue weighted by molar-refractivity contribution is 0.717. The van der Waals surface area contributed by atoms with Gasteiger partial charge >= 0.3 is 0 Å². The maximum Gasteiger partial charge on any atom is 0.0456 e. The highest BCUT2D eigenvalue weighted by Crippen LogP contribution is 2.20. The van der Waals surface area contributed by atoms with E-state index in [2.05, 4.69) is 49.2 Å². The number of aryl methyl sites for hydroxylation is 2. The monoisotopic (exact) mass is 227 g/mol. The molecule has 0 unspecified atom stereocenters. The van der Waals surface area contributed by atoms with E-state index in [1.807, 2.05) is 6.20 Å². The van der Waals surface area contributed by atoms with Crippen molar-refractivity contribution in [3.8, 4) is 11.3 Å². The highest BCUT2D eigenvalue weighted by atomic mass is 14.7. The van der Waals surface area contributed by atoms with E-state index in [-0.39, 0.29) is 0 Å². The minimum atomic E-state index is 1.21. The van der Waals surface area contributed by atoms with Gasteiger partial charge in [-0.15, -0.1) is 0 Å². The Morgan fingerprint density at radius 2 is 1.82 bits per heavy atom. The number of H-pyrrole nitrogens is 1. The molecule has 1 nitrogen and oxygen atoms in total. The minimum absolute atomic E-state index is 1.21. The molecule has 2 aromatic rings. The maximum atomic E-state index is 3.29. The summed E-state index contributed by atoms with van der Waals surface area (Å²) in [5.74, 6) is 0. The van der Waals surface area contributed by atoms with E-state index in [4.69, 9.17) is 0 Å². The fraction of sp³-hybridized carbons (Fsp3) is 0.375. The van der Waals surface area contributed by atoms with E-state index in [0.29, 0.717) is 0 Å². The van der Waals surface area contributed by atoms with Gasteiger partial charge in [-0.25, -0.2) is 0 Å². The number of hydrogen-bond acceptors (Lipinski definition) is 0. The van der Waals surface area contributed by atoms with Gasteiger partial charge in [0, 0.05) is 11.9 Å². The highest BCUT2D eigenvalue weighted by Gasteiger charge is 2.00. The standard InChI is InChI=1S/C16H21N/c1-3-4-5-6-14-7-9-15(10-8-14)16-11-13(2)12-17-16/h7-12,17H,3-6H2,1-2H3. The Morgan fingerprint density at radius 3 is 2.41 bits per heavy atom. The Balaban J connectivity index is 2.02. The molecule has 1 N–H and O–H groups in total. The van der Waals surface area contributed by atoms with Crippen molar-refractivity contribution in [3.05, 3.63) is 47.7 Å². The van der Waals surface area contributed by atoms with Crippen molar-refractivity contribution in [3.63, 3.8) is 0 Å². The highest BCUT2D eigenvalue weighted by molar-refractivity contribution is 5.60. The Morgan fingerprint density at radius 1 is 1.06 bits per heavy atom. The molecule has 1 heteroatoms. The van der Waals surface area contributed by atoms with Crippen LogP contribution in [0.3, 0.4) is 0 Å². The summed E-state index contributed by atoms with van der Waals surface area (Å²) in [6.07, 6.45) is 7.18. The van der Waals surface area contributed by atoms with Gasteiger partial charge in [0.1, 0.15) is 0 Å². The van der Waals surface area contributed by atoms with Crippen LogP contribution in [-0.2, 0) is 6.42 Å². The largest absolute Gasteiger partial charge is 0.361 e. The average molecular weight is 227 g/mol. The zero-order valence-corrected chi connectivity index (χ0v) is 10.8. The van der Waals surface area contributed by atoms with Gasteiger partial charge in [0.15, 0.2) is 0 Å². The number of rotatable bonds is 5. The Labute approximate surface area is 104 Å². The second-order valence-corrected chi connectivity index (χ2v) is 4.74. The number of nitrogens with one attached hydrogen (secondary N) is 1. The first-order chi connectivity index (χ1) is 8.29. The molecule has 1 aromatic carbocycles. The molecule has 0 saturated heterocycles. The third-order valence-electron chi connectivity index (χ3n) is 3.16. The normalized spacial score (nSPS) is 10.7. The van der Waals surface area contributed by atoms with Gasteiger partial charge in [0.05, 0.1) is 0 Å². The molecule has 0 fully saturated rings. The van der Waals surface area contributed by atoms with Crippen LogP contribution in [0.5, 0.6) is 0 Å². The van der Waals surface area contributed by atoms with Crippen LogP contribution in [0.2, 0.25) is 0 Å². The van der Waals surface area contributed by atoms with Crippen LogP contribution in [-0.4, -0.2) is 4.98 Å². The molecule has 0 spiro atoms. The van der Waals surface area contributed by atoms with Crippen molar-refractivity contribution in [2.24, 2.45) is 0 Å². The van der Waals surface area contributed by atoms with Gasteiger partial charge in [0.25, 0.3) is 0 Å². The minimum Gasteiger partial charge on any atom is -0.361 e. The lowest BCUT2D eigenvalue weighted by Gasteiger charge is -2.02. The summed E-state index contributed by atoms with van der Waals surface area (Å²) in [5, 5.41) is 0. The second-order valence-electron chi connectivity index (χ2n) is 4.74. The number of hydrogen-bond donors (Lipinski definition) is 1. The molecule has 0 aliphatic carbocycles. The number of unbranched alkanes of at least 4 members (excludes halogenated alkanes) is 2. The molecular formula is C16H21N. The summed E-state index contributed by atoms with van der Waals surface area (Å²) in [6.45, 7) is 4.36. The number of aromatic nitrogens is 1. The Hall–Kier alpha value is -1.50. The Bertz CT molecular complexity index is 451. The smallest absolute Gasteiger partial charge is 0.0456 e. The van der Waals surface area contributed by atoms with Crippen LogP contribution in [0.4, 0.5) is 0 Å². The fourth-order valence-corrected chi connectivity index (χ4v) is 2.10. The van der Waals surface area contributed by atoms with Crippen LogP contribution in [0, 0.1) is 6.92 Å². The molecule has 0 saturated carbocycles. The molecule has 0 aliphatic rings. The second kappa shape index (κ2) is 5.72. The Kier molecular flexibility index (Phi) is 4.03. The molecule has 90 valence electrons. The van der Waals surface area contributed by atoms with Crippen molar-refractivity contribution in [2.75, 3.05) is 0 Å². The van der Waals surface area contributed by atoms with E-state index < -0.39 is 0 Å². The summed E-state index contributed by atoms with van der Waals surface area (Å²) in [7, 11) is 0. The predicted molar refractivity (Wildman–Crippen MR) is 74.2 cm³/mol. The first-order valence-corrected chi connectivity index (χ1v) is 6.54. The van der Waals surface area contributed by atoms with Gasteiger partial charge in [-0.05, 0) is 42.5 Å². The quantitative estimate of drug-likeness (QED) is 0.711. The fourth-order valence-electron chi connectivity index (χ4n) is 2.10. The summed E-state index contributed by atoms with van der Waals surface area (Å²) >= 11 is 0. The molecule has 1 aromatic heterocycles. The van der Waals surface area contributed by atoms with Crippen molar-refractivity contribution >= 4 is 0 Å². The van der Waals surface area contributed by atoms with Crippen molar-refractivity contribution in [1.82, 2.24) is 4.98 Å². The van der Waals surface area contributed by atoms with Gasteiger partial charge in [-0.1, -0.05) is 44.0 Å².